The monoisotopic (exact) mass is 369 g/mol. The predicted molar refractivity (Wildman–Crippen MR) is 96.7 cm³/mol. The average Bonchev–Trinajstić information content (AvgIpc) is 2.95. The lowest BCUT2D eigenvalue weighted by Gasteiger charge is -2.03. The van der Waals surface area contributed by atoms with Gasteiger partial charge in [-0.3, -0.25) is 14.4 Å². The molecule has 0 aliphatic carbocycles. The van der Waals surface area contributed by atoms with E-state index in [0.717, 1.165) is 0 Å². The molecule has 2 heterocycles. The van der Waals surface area contributed by atoms with E-state index in [2.05, 4.69) is 14.8 Å². The zero-order valence-electron chi connectivity index (χ0n) is 13.8. The van der Waals surface area contributed by atoms with E-state index in [-0.39, 0.29) is 12.1 Å². The van der Waals surface area contributed by atoms with Gasteiger partial charge < -0.3 is 0 Å². The minimum absolute atomic E-state index is 0.186. The highest BCUT2D eigenvalue weighted by molar-refractivity contribution is 7.77. The number of pyridine rings is 1. The molecule has 0 radical (unpaired) electrons. The highest BCUT2D eigenvalue weighted by Gasteiger charge is 2.15. The highest BCUT2D eigenvalue weighted by atomic mass is 32.2. The zero-order chi connectivity index (χ0) is 18.7. The molecule has 0 bridgehead atoms. The molecule has 1 aromatic carbocycles. The Morgan fingerprint density at radius 3 is 2.62 bits per heavy atom. The van der Waals surface area contributed by atoms with Gasteiger partial charge in [0.25, 0.3) is 5.56 Å². The predicted octanol–water partition coefficient (Wildman–Crippen LogP) is 1.63. The number of nitrogens with zero attached hydrogens (tertiary/aromatic N) is 3. The third kappa shape index (κ3) is 3.62. The minimum atomic E-state index is -2.09. The van der Waals surface area contributed by atoms with Crippen molar-refractivity contribution in [1.82, 2.24) is 19.5 Å². The van der Waals surface area contributed by atoms with Crippen molar-refractivity contribution in [3.8, 4) is 23.0 Å². The quantitative estimate of drug-likeness (QED) is 0.590. The van der Waals surface area contributed by atoms with Gasteiger partial charge in [-0.05, 0) is 36.2 Å². The summed E-state index contributed by atoms with van der Waals surface area (Å²) >= 11 is -2.09. The number of rotatable bonds is 5. The second kappa shape index (κ2) is 7.45. The second-order valence-corrected chi connectivity index (χ2v) is 6.32. The van der Waals surface area contributed by atoms with Crippen LogP contribution in [0.15, 0.2) is 47.4 Å². The Labute approximate surface area is 151 Å². The molecule has 0 saturated carbocycles. The van der Waals surface area contributed by atoms with Crippen LogP contribution in [0.1, 0.15) is 16.8 Å². The summed E-state index contributed by atoms with van der Waals surface area (Å²) in [6.07, 6.45) is 1.53. The molecule has 3 aromatic rings. The third-order valence-corrected chi connectivity index (χ3v) is 4.20. The van der Waals surface area contributed by atoms with Gasteiger partial charge >= 0.3 is 0 Å². The van der Waals surface area contributed by atoms with Gasteiger partial charge in [0, 0.05) is 18.4 Å². The molecule has 0 aliphatic rings. The summed E-state index contributed by atoms with van der Waals surface area (Å²) in [5.74, 6) is 0.409. The summed E-state index contributed by atoms with van der Waals surface area (Å²) in [5, 5.41) is 11.9. The van der Waals surface area contributed by atoms with Crippen molar-refractivity contribution < 1.29 is 8.76 Å². The molecule has 9 heteroatoms. The fourth-order valence-corrected chi connectivity index (χ4v) is 2.85. The Hall–Kier alpha value is -3.06. The number of hydrogen-bond acceptors (Lipinski definition) is 4. The van der Waals surface area contributed by atoms with E-state index in [4.69, 9.17) is 9.81 Å². The van der Waals surface area contributed by atoms with Crippen molar-refractivity contribution in [2.24, 2.45) is 0 Å². The SMILES string of the molecule is Cc1[nH]n(-c2ccc(CNS(=O)O)cn2)c(=O)c1-c1ccc(C#N)cc1. The van der Waals surface area contributed by atoms with Crippen LogP contribution >= 0.6 is 0 Å². The van der Waals surface area contributed by atoms with E-state index in [1.165, 1.54) is 10.9 Å². The maximum atomic E-state index is 12.8. The number of aryl methyl sites for hydroxylation is 1. The molecule has 26 heavy (non-hydrogen) atoms. The molecule has 0 amide bonds. The summed E-state index contributed by atoms with van der Waals surface area (Å²) in [5.41, 5.74) is 2.90. The van der Waals surface area contributed by atoms with Crippen LogP contribution in [-0.4, -0.2) is 23.5 Å². The van der Waals surface area contributed by atoms with Crippen LogP contribution < -0.4 is 10.3 Å². The molecule has 0 fully saturated rings. The normalized spacial score (nSPS) is 11.9. The molecular weight excluding hydrogens is 354 g/mol. The van der Waals surface area contributed by atoms with Crippen molar-refractivity contribution in [3.05, 3.63) is 69.8 Å². The first-order valence-electron chi connectivity index (χ1n) is 7.61. The summed E-state index contributed by atoms with van der Waals surface area (Å²) in [6.45, 7) is 1.98. The molecule has 3 N–H and O–H groups in total. The topological polar surface area (TPSA) is 124 Å². The summed E-state index contributed by atoms with van der Waals surface area (Å²) in [4.78, 5) is 17.0. The van der Waals surface area contributed by atoms with Crippen LogP contribution in [-0.2, 0) is 17.8 Å². The Kier molecular flexibility index (Phi) is 5.09. The van der Waals surface area contributed by atoms with Gasteiger partial charge in [-0.15, -0.1) is 0 Å². The van der Waals surface area contributed by atoms with Crippen LogP contribution in [0.25, 0.3) is 16.9 Å². The Morgan fingerprint density at radius 2 is 2.04 bits per heavy atom. The molecule has 1 unspecified atom stereocenters. The van der Waals surface area contributed by atoms with Crippen LogP contribution in [0.4, 0.5) is 0 Å². The Bertz CT molecular complexity index is 1050. The van der Waals surface area contributed by atoms with Crippen molar-refractivity contribution in [1.29, 1.82) is 5.26 Å². The van der Waals surface area contributed by atoms with E-state index in [0.29, 0.717) is 33.8 Å². The molecule has 0 spiro atoms. The van der Waals surface area contributed by atoms with Gasteiger partial charge in [0.1, 0.15) is 0 Å². The van der Waals surface area contributed by atoms with Gasteiger partial charge in [-0.25, -0.2) is 18.6 Å². The lowest BCUT2D eigenvalue weighted by molar-refractivity contribution is 0.548. The second-order valence-electron chi connectivity index (χ2n) is 5.54. The lowest BCUT2D eigenvalue weighted by atomic mass is 10.1. The molecule has 8 nitrogen and oxygen atoms in total. The Balaban J connectivity index is 1.93. The first-order chi connectivity index (χ1) is 12.5. The molecule has 0 aliphatic heterocycles. The summed E-state index contributed by atoms with van der Waals surface area (Å²) in [7, 11) is 0. The molecule has 2 aromatic heterocycles. The largest absolute Gasteiger partial charge is 0.294 e. The fourth-order valence-electron chi connectivity index (χ4n) is 2.56. The van der Waals surface area contributed by atoms with Gasteiger partial charge in [0.2, 0.25) is 11.3 Å². The van der Waals surface area contributed by atoms with Gasteiger partial charge in [0.15, 0.2) is 5.82 Å². The van der Waals surface area contributed by atoms with Gasteiger partial charge in [-0.2, -0.15) is 5.26 Å². The third-order valence-electron chi connectivity index (χ3n) is 3.81. The molecular formula is C17H15N5O3S. The van der Waals surface area contributed by atoms with Crippen molar-refractivity contribution in [2.75, 3.05) is 0 Å². The van der Waals surface area contributed by atoms with Crippen LogP contribution in [0.3, 0.4) is 0 Å². The van der Waals surface area contributed by atoms with E-state index >= 15 is 0 Å². The maximum Gasteiger partial charge on any atom is 0.280 e. The molecule has 3 rings (SSSR count). The standard InChI is InChI=1S/C17H15N5O3S/c1-11-16(14-5-2-12(8-18)3-6-14)17(23)22(21-11)15-7-4-13(9-19-15)10-20-26(24)25/h2-7,9,20-21H,10H2,1H3,(H,24,25). The number of nitriles is 1. The first kappa shape index (κ1) is 17.8. The fraction of sp³-hybridized carbons (Fsp3) is 0.118. The highest BCUT2D eigenvalue weighted by Crippen LogP contribution is 2.20. The number of aromatic nitrogens is 3. The number of benzene rings is 1. The van der Waals surface area contributed by atoms with Crippen LogP contribution in [0.5, 0.6) is 0 Å². The van der Waals surface area contributed by atoms with E-state index in [9.17, 15) is 9.00 Å². The Morgan fingerprint density at radius 1 is 1.31 bits per heavy atom. The smallest absolute Gasteiger partial charge is 0.280 e. The van der Waals surface area contributed by atoms with Crippen molar-refractivity contribution >= 4 is 11.3 Å². The number of H-pyrrole nitrogens is 1. The molecule has 1 atom stereocenters. The van der Waals surface area contributed by atoms with Crippen molar-refractivity contribution in [2.45, 2.75) is 13.5 Å². The lowest BCUT2D eigenvalue weighted by Crippen LogP contribution is -2.18. The van der Waals surface area contributed by atoms with Gasteiger partial charge in [0.05, 0.1) is 17.2 Å². The number of nitrogens with one attached hydrogen (secondary N) is 2. The summed E-state index contributed by atoms with van der Waals surface area (Å²) in [6, 6.07) is 12.2. The van der Waals surface area contributed by atoms with E-state index in [1.807, 2.05) is 6.07 Å². The van der Waals surface area contributed by atoms with Crippen molar-refractivity contribution in [3.63, 3.8) is 0 Å². The average molecular weight is 369 g/mol. The molecule has 0 saturated heterocycles. The number of hydrogen-bond donors (Lipinski definition) is 3. The van der Waals surface area contributed by atoms with Crippen LogP contribution in [0.2, 0.25) is 0 Å². The van der Waals surface area contributed by atoms with Gasteiger partial charge in [-0.1, -0.05) is 18.2 Å². The number of aromatic amines is 1. The van der Waals surface area contributed by atoms with Crippen LogP contribution in [0, 0.1) is 18.3 Å². The van der Waals surface area contributed by atoms with E-state index in [1.54, 1.807) is 43.3 Å². The first-order valence-corrected chi connectivity index (χ1v) is 8.72. The minimum Gasteiger partial charge on any atom is -0.294 e. The molecule has 132 valence electrons. The summed E-state index contributed by atoms with van der Waals surface area (Å²) < 4.78 is 23.1. The van der Waals surface area contributed by atoms with E-state index < -0.39 is 11.3 Å². The maximum absolute atomic E-state index is 12.8. The zero-order valence-corrected chi connectivity index (χ0v) is 14.6.